The zero-order chi connectivity index (χ0) is 15.6. The second-order valence-electron chi connectivity index (χ2n) is 4.80. The second kappa shape index (κ2) is 5.87. The molecule has 2 aromatic rings. The summed E-state index contributed by atoms with van der Waals surface area (Å²) in [7, 11) is 0. The van der Waals surface area contributed by atoms with Crippen molar-refractivity contribution in [3.63, 3.8) is 0 Å². The van der Waals surface area contributed by atoms with Crippen LogP contribution in [0.15, 0.2) is 36.4 Å². The monoisotopic (exact) mass is 292 g/mol. The first-order valence-electron chi connectivity index (χ1n) is 6.35. The molecule has 0 radical (unpaired) electrons. The Morgan fingerprint density at radius 2 is 1.86 bits per heavy atom. The summed E-state index contributed by atoms with van der Waals surface area (Å²) in [4.78, 5) is 10.3. The lowest BCUT2D eigenvalue weighted by molar-refractivity contribution is -0.384. The number of nitrogens with one attached hydrogen (secondary N) is 1. The van der Waals surface area contributed by atoms with Crippen molar-refractivity contribution in [1.29, 1.82) is 0 Å². The summed E-state index contributed by atoms with van der Waals surface area (Å²) in [6.07, 6.45) is 0. The van der Waals surface area contributed by atoms with E-state index in [1.165, 1.54) is 18.2 Å². The van der Waals surface area contributed by atoms with Crippen molar-refractivity contribution in [2.75, 3.05) is 5.32 Å². The highest BCUT2D eigenvalue weighted by Gasteiger charge is 2.13. The first-order valence-corrected chi connectivity index (χ1v) is 6.35. The van der Waals surface area contributed by atoms with Crippen molar-refractivity contribution in [2.24, 2.45) is 0 Å². The topological polar surface area (TPSA) is 55.2 Å². The molecular weight excluding hydrogens is 278 g/mol. The third-order valence-electron chi connectivity index (χ3n) is 3.25. The van der Waals surface area contributed by atoms with Gasteiger partial charge in [0.15, 0.2) is 11.6 Å². The van der Waals surface area contributed by atoms with E-state index in [2.05, 4.69) is 5.32 Å². The molecule has 0 spiro atoms. The Morgan fingerprint density at radius 1 is 1.14 bits per heavy atom. The summed E-state index contributed by atoms with van der Waals surface area (Å²) in [5.41, 5.74) is 1.94. The van der Waals surface area contributed by atoms with Crippen molar-refractivity contribution in [1.82, 2.24) is 0 Å². The van der Waals surface area contributed by atoms with Gasteiger partial charge in [0, 0.05) is 23.9 Å². The van der Waals surface area contributed by atoms with Gasteiger partial charge in [-0.25, -0.2) is 8.78 Å². The van der Waals surface area contributed by atoms with Gasteiger partial charge in [0.05, 0.1) is 4.92 Å². The van der Waals surface area contributed by atoms with Gasteiger partial charge in [-0.15, -0.1) is 0 Å². The van der Waals surface area contributed by atoms with Gasteiger partial charge in [0.2, 0.25) is 0 Å². The highest BCUT2D eigenvalue weighted by Crippen LogP contribution is 2.26. The third-order valence-corrected chi connectivity index (χ3v) is 3.25. The molecule has 0 aromatic heterocycles. The van der Waals surface area contributed by atoms with Gasteiger partial charge >= 0.3 is 0 Å². The number of hydrogen-bond donors (Lipinski definition) is 1. The Labute approximate surface area is 120 Å². The van der Waals surface area contributed by atoms with Gasteiger partial charge in [-0.1, -0.05) is 12.1 Å². The maximum absolute atomic E-state index is 13.2. The van der Waals surface area contributed by atoms with Crippen molar-refractivity contribution in [3.8, 4) is 0 Å². The molecule has 2 rings (SSSR count). The maximum Gasteiger partial charge on any atom is 0.271 e. The van der Waals surface area contributed by atoms with Gasteiger partial charge < -0.3 is 5.32 Å². The van der Waals surface area contributed by atoms with E-state index in [1.54, 1.807) is 13.0 Å². The molecule has 0 saturated heterocycles. The Morgan fingerprint density at radius 3 is 2.48 bits per heavy atom. The largest absolute Gasteiger partial charge is 0.378 e. The Hall–Kier alpha value is -2.50. The highest BCUT2D eigenvalue weighted by molar-refractivity contribution is 5.57. The van der Waals surface area contributed by atoms with E-state index in [0.717, 1.165) is 17.7 Å². The molecule has 6 heteroatoms. The number of non-ortho nitro benzene ring substituents is 1. The van der Waals surface area contributed by atoms with Gasteiger partial charge in [-0.05, 0) is 37.1 Å². The van der Waals surface area contributed by atoms with Crippen LogP contribution < -0.4 is 5.32 Å². The maximum atomic E-state index is 13.2. The minimum Gasteiger partial charge on any atom is -0.378 e. The summed E-state index contributed by atoms with van der Waals surface area (Å²) >= 11 is 0. The molecule has 0 aliphatic heterocycles. The Kier molecular flexibility index (Phi) is 4.16. The fourth-order valence-corrected chi connectivity index (χ4v) is 1.98. The van der Waals surface area contributed by atoms with Crippen LogP contribution in [0.1, 0.15) is 24.1 Å². The van der Waals surface area contributed by atoms with E-state index >= 15 is 0 Å². The lowest BCUT2D eigenvalue weighted by atomic mass is 10.1. The lowest BCUT2D eigenvalue weighted by Gasteiger charge is -2.17. The van der Waals surface area contributed by atoms with Crippen LogP contribution in [0.2, 0.25) is 0 Å². The zero-order valence-electron chi connectivity index (χ0n) is 11.6. The van der Waals surface area contributed by atoms with Crippen LogP contribution in [0.4, 0.5) is 20.2 Å². The SMILES string of the molecule is Cc1ccc([N+](=O)[O-])cc1NC(C)c1ccc(F)c(F)c1. The predicted octanol–water partition coefficient (Wildman–Crippen LogP) is 4.35. The van der Waals surface area contributed by atoms with Crippen LogP contribution >= 0.6 is 0 Å². The van der Waals surface area contributed by atoms with Gasteiger partial charge in [0.1, 0.15) is 0 Å². The average Bonchev–Trinajstić information content (AvgIpc) is 2.43. The second-order valence-corrected chi connectivity index (χ2v) is 4.80. The predicted molar refractivity (Wildman–Crippen MR) is 76.2 cm³/mol. The van der Waals surface area contributed by atoms with Crippen LogP contribution in [-0.4, -0.2) is 4.92 Å². The molecule has 0 aliphatic carbocycles. The number of halogens is 2. The molecule has 1 N–H and O–H groups in total. The molecule has 0 amide bonds. The zero-order valence-corrected chi connectivity index (χ0v) is 11.6. The highest BCUT2D eigenvalue weighted by atomic mass is 19.2. The first kappa shape index (κ1) is 14.9. The van der Waals surface area contributed by atoms with Crippen LogP contribution in [0.5, 0.6) is 0 Å². The van der Waals surface area contributed by atoms with Gasteiger partial charge in [-0.2, -0.15) is 0 Å². The summed E-state index contributed by atoms with van der Waals surface area (Å²) < 4.78 is 26.2. The van der Waals surface area contributed by atoms with E-state index in [4.69, 9.17) is 0 Å². The number of benzene rings is 2. The average molecular weight is 292 g/mol. The fourth-order valence-electron chi connectivity index (χ4n) is 1.98. The summed E-state index contributed by atoms with van der Waals surface area (Å²) in [5.74, 6) is -1.82. The minimum absolute atomic E-state index is 0.0272. The molecule has 0 heterocycles. The van der Waals surface area contributed by atoms with E-state index in [-0.39, 0.29) is 11.7 Å². The molecule has 0 bridgehead atoms. The standard InChI is InChI=1S/C15H14F2N2O2/c1-9-3-5-12(19(20)21)8-15(9)18-10(2)11-4-6-13(16)14(17)7-11/h3-8,10,18H,1-2H3. The van der Waals surface area contributed by atoms with Crippen LogP contribution in [0, 0.1) is 28.7 Å². The van der Waals surface area contributed by atoms with Crippen molar-refractivity contribution >= 4 is 11.4 Å². The number of nitro benzene ring substituents is 1. The molecule has 0 aliphatic rings. The molecular formula is C15H14F2N2O2. The summed E-state index contributed by atoms with van der Waals surface area (Å²) in [6.45, 7) is 3.58. The van der Waals surface area contributed by atoms with E-state index in [1.807, 2.05) is 6.92 Å². The van der Waals surface area contributed by atoms with E-state index in [9.17, 15) is 18.9 Å². The quantitative estimate of drug-likeness (QED) is 0.673. The van der Waals surface area contributed by atoms with Crippen LogP contribution in [0.3, 0.4) is 0 Å². The number of rotatable bonds is 4. The molecule has 0 fully saturated rings. The van der Waals surface area contributed by atoms with Crippen LogP contribution in [0.25, 0.3) is 0 Å². The Balaban J connectivity index is 2.26. The van der Waals surface area contributed by atoms with Crippen molar-refractivity contribution < 1.29 is 13.7 Å². The minimum atomic E-state index is -0.920. The summed E-state index contributed by atoms with van der Waals surface area (Å²) in [5, 5.41) is 13.9. The van der Waals surface area contributed by atoms with Crippen LogP contribution in [-0.2, 0) is 0 Å². The molecule has 1 unspecified atom stereocenters. The fraction of sp³-hybridized carbons (Fsp3) is 0.200. The lowest BCUT2D eigenvalue weighted by Crippen LogP contribution is -2.08. The number of hydrogen-bond acceptors (Lipinski definition) is 3. The number of anilines is 1. The normalized spacial score (nSPS) is 12.0. The van der Waals surface area contributed by atoms with Gasteiger partial charge in [0.25, 0.3) is 5.69 Å². The van der Waals surface area contributed by atoms with Crippen molar-refractivity contribution in [3.05, 3.63) is 69.3 Å². The Bertz CT molecular complexity index is 689. The molecule has 21 heavy (non-hydrogen) atoms. The molecule has 2 aromatic carbocycles. The summed E-state index contributed by atoms with van der Waals surface area (Å²) in [6, 6.07) is 7.80. The molecule has 1 atom stereocenters. The first-order chi connectivity index (χ1) is 9.88. The molecule has 0 saturated carbocycles. The number of aryl methyl sites for hydroxylation is 1. The molecule has 110 valence electrons. The van der Waals surface area contributed by atoms with Crippen molar-refractivity contribution in [2.45, 2.75) is 19.9 Å². The van der Waals surface area contributed by atoms with E-state index < -0.39 is 16.6 Å². The van der Waals surface area contributed by atoms with Gasteiger partial charge in [-0.3, -0.25) is 10.1 Å². The van der Waals surface area contributed by atoms with E-state index in [0.29, 0.717) is 11.3 Å². The number of nitro groups is 1. The smallest absolute Gasteiger partial charge is 0.271 e. The third kappa shape index (κ3) is 3.34. The molecule has 4 nitrogen and oxygen atoms in total. The number of nitrogens with zero attached hydrogens (tertiary/aromatic N) is 1.